The molecule has 0 unspecified atom stereocenters. The van der Waals surface area contributed by atoms with Gasteiger partial charge in [-0.05, 0) is 13.8 Å². The molecule has 0 fully saturated rings. The van der Waals surface area contributed by atoms with E-state index in [-0.39, 0.29) is 0 Å². The Hall–Kier alpha value is -1.16. The van der Waals surface area contributed by atoms with Gasteiger partial charge in [0.2, 0.25) is 0 Å². The van der Waals surface area contributed by atoms with Gasteiger partial charge in [0.05, 0.1) is 12.2 Å². The molecule has 0 bridgehead atoms. The van der Waals surface area contributed by atoms with Crippen LogP contribution in [0.5, 0.6) is 0 Å². The lowest BCUT2D eigenvalue weighted by molar-refractivity contribution is 0.667. The second-order valence-corrected chi connectivity index (χ2v) is 5.60. The molecule has 2 aromatic rings. The van der Waals surface area contributed by atoms with Gasteiger partial charge in [0.1, 0.15) is 10.8 Å². The van der Waals surface area contributed by atoms with E-state index in [1.807, 2.05) is 12.4 Å². The van der Waals surface area contributed by atoms with Crippen LogP contribution >= 0.6 is 11.3 Å². The van der Waals surface area contributed by atoms with Crippen LogP contribution < -0.4 is 0 Å². The van der Waals surface area contributed by atoms with Gasteiger partial charge in [0.15, 0.2) is 0 Å². The molecule has 2 rings (SSSR count). The molecular formula is C12H17N3S. The molecule has 0 N–H and O–H groups in total. The largest absolute Gasteiger partial charge is 0.328 e. The third-order valence-electron chi connectivity index (χ3n) is 2.64. The van der Waals surface area contributed by atoms with E-state index in [1.165, 1.54) is 4.88 Å². The Morgan fingerprint density at radius 1 is 1.38 bits per heavy atom. The van der Waals surface area contributed by atoms with Gasteiger partial charge in [-0.3, -0.25) is 0 Å². The van der Waals surface area contributed by atoms with Gasteiger partial charge in [0.25, 0.3) is 0 Å². The van der Waals surface area contributed by atoms with Gasteiger partial charge in [-0.25, -0.2) is 9.97 Å². The molecular weight excluding hydrogens is 218 g/mol. The maximum absolute atomic E-state index is 4.56. The first kappa shape index (κ1) is 11.3. The summed E-state index contributed by atoms with van der Waals surface area (Å²) in [5.41, 5.74) is 1.14. The summed E-state index contributed by atoms with van der Waals surface area (Å²) in [5.74, 6) is 1.59. The predicted octanol–water partition coefficient (Wildman–Crippen LogP) is 3.13. The van der Waals surface area contributed by atoms with Crippen molar-refractivity contribution in [1.29, 1.82) is 0 Å². The van der Waals surface area contributed by atoms with E-state index in [2.05, 4.69) is 42.2 Å². The quantitative estimate of drug-likeness (QED) is 0.818. The molecule has 0 aliphatic carbocycles. The fourth-order valence-electron chi connectivity index (χ4n) is 1.71. The Morgan fingerprint density at radius 3 is 2.69 bits per heavy atom. The highest BCUT2D eigenvalue weighted by atomic mass is 32.1. The number of imidazole rings is 1. The van der Waals surface area contributed by atoms with E-state index in [1.54, 1.807) is 11.3 Å². The van der Waals surface area contributed by atoms with Crippen LogP contribution in [-0.4, -0.2) is 14.5 Å². The molecule has 3 nitrogen and oxygen atoms in total. The van der Waals surface area contributed by atoms with Crippen LogP contribution in [0.15, 0.2) is 12.4 Å². The molecule has 0 radical (unpaired) electrons. The minimum atomic E-state index is 0.456. The zero-order valence-corrected chi connectivity index (χ0v) is 11.0. The van der Waals surface area contributed by atoms with Gasteiger partial charge in [-0.2, -0.15) is 0 Å². The third-order valence-corrected chi connectivity index (χ3v) is 3.70. The molecule has 2 heterocycles. The first-order valence-electron chi connectivity index (χ1n) is 5.52. The molecule has 0 saturated carbocycles. The van der Waals surface area contributed by atoms with Crippen LogP contribution in [0.1, 0.15) is 41.2 Å². The minimum absolute atomic E-state index is 0.456. The number of aryl methyl sites for hydroxylation is 2. The van der Waals surface area contributed by atoms with Gasteiger partial charge < -0.3 is 4.57 Å². The van der Waals surface area contributed by atoms with Crippen molar-refractivity contribution in [1.82, 2.24) is 14.5 Å². The molecule has 0 atom stereocenters. The summed E-state index contributed by atoms with van der Waals surface area (Å²) in [6.07, 6.45) is 3.89. The first-order chi connectivity index (χ1) is 7.58. The van der Waals surface area contributed by atoms with Crippen molar-refractivity contribution in [2.45, 2.75) is 40.2 Å². The van der Waals surface area contributed by atoms with E-state index < -0.39 is 0 Å². The Morgan fingerprint density at radius 2 is 2.12 bits per heavy atom. The summed E-state index contributed by atoms with van der Waals surface area (Å²) in [6, 6.07) is 0. The van der Waals surface area contributed by atoms with Crippen molar-refractivity contribution >= 4 is 11.3 Å². The molecule has 0 amide bonds. The van der Waals surface area contributed by atoms with Crippen LogP contribution in [0.2, 0.25) is 0 Å². The van der Waals surface area contributed by atoms with E-state index in [0.717, 1.165) is 23.1 Å². The van der Waals surface area contributed by atoms with Crippen molar-refractivity contribution < 1.29 is 0 Å². The molecule has 2 aromatic heterocycles. The third kappa shape index (κ3) is 2.16. The van der Waals surface area contributed by atoms with Crippen LogP contribution in [0.25, 0.3) is 0 Å². The highest BCUT2D eigenvalue weighted by Crippen LogP contribution is 2.19. The number of hydrogen-bond acceptors (Lipinski definition) is 3. The summed E-state index contributed by atoms with van der Waals surface area (Å²) in [5, 5.41) is 1.16. The van der Waals surface area contributed by atoms with Crippen molar-refractivity contribution in [2.75, 3.05) is 0 Å². The smallest absolute Gasteiger partial charge is 0.113 e. The van der Waals surface area contributed by atoms with E-state index >= 15 is 0 Å². The van der Waals surface area contributed by atoms with Crippen LogP contribution in [0.4, 0.5) is 0 Å². The fraction of sp³-hybridized carbons (Fsp3) is 0.500. The highest BCUT2D eigenvalue weighted by molar-refractivity contribution is 7.11. The molecule has 0 aliphatic heterocycles. The molecule has 4 heteroatoms. The second-order valence-electron chi connectivity index (χ2n) is 4.32. The average Bonchev–Trinajstić information content (AvgIpc) is 2.75. The summed E-state index contributed by atoms with van der Waals surface area (Å²) < 4.78 is 2.18. The molecule has 16 heavy (non-hydrogen) atoms. The highest BCUT2D eigenvalue weighted by Gasteiger charge is 2.10. The van der Waals surface area contributed by atoms with Gasteiger partial charge in [0, 0.05) is 23.2 Å². The molecule has 86 valence electrons. The summed E-state index contributed by atoms with van der Waals surface area (Å²) in [6.45, 7) is 9.35. The number of hydrogen-bond donors (Lipinski definition) is 0. The van der Waals surface area contributed by atoms with Crippen molar-refractivity contribution in [3.63, 3.8) is 0 Å². The number of aromatic nitrogens is 3. The second kappa shape index (κ2) is 4.37. The Bertz CT molecular complexity index is 463. The van der Waals surface area contributed by atoms with Crippen molar-refractivity contribution in [3.05, 3.63) is 33.8 Å². The monoisotopic (exact) mass is 235 g/mol. The van der Waals surface area contributed by atoms with Gasteiger partial charge in [-0.1, -0.05) is 13.8 Å². The first-order valence-corrected chi connectivity index (χ1v) is 6.33. The topological polar surface area (TPSA) is 30.7 Å². The van der Waals surface area contributed by atoms with E-state index in [9.17, 15) is 0 Å². The minimum Gasteiger partial charge on any atom is -0.328 e. The summed E-state index contributed by atoms with van der Waals surface area (Å²) >= 11 is 1.77. The fourth-order valence-corrected chi connectivity index (χ4v) is 2.64. The summed E-state index contributed by atoms with van der Waals surface area (Å²) in [4.78, 5) is 10.2. The van der Waals surface area contributed by atoms with Gasteiger partial charge in [-0.15, -0.1) is 11.3 Å². The maximum atomic E-state index is 4.56. The standard InChI is InChI=1S/C12H17N3S/c1-8(2)12-13-5-6-15(12)7-11-14-9(3)10(4)16-11/h5-6,8H,7H2,1-4H3. The number of nitrogens with zero attached hydrogens (tertiary/aromatic N) is 3. The SMILES string of the molecule is Cc1nc(Cn2ccnc2C(C)C)sc1C. The lowest BCUT2D eigenvalue weighted by Crippen LogP contribution is -2.05. The predicted molar refractivity (Wildman–Crippen MR) is 67.0 cm³/mol. The van der Waals surface area contributed by atoms with Crippen LogP contribution in [0, 0.1) is 13.8 Å². The molecule has 0 aromatic carbocycles. The van der Waals surface area contributed by atoms with Crippen molar-refractivity contribution in [2.24, 2.45) is 0 Å². The number of rotatable bonds is 3. The summed E-state index contributed by atoms with van der Waals surface area (Å²) in [7, 11) is 0. The zero-order chi connectivity index (χ0) is 11.7. The lowest BCUT2D eigenvalue weighted by Gasteiger charge is -2.08. The normalized spacial score (nSPS) is 11.3. The molecule has 0 spiro atoms. The Kier molecular flexibility index (Phi) is 3.10. The molecule has 0 aliphatic rings. The van der Waals surface area contributed by atoms with Crippen LogP contribution in [0.3, 0.4) is 0 Å². The van der Waals surface area contributed by atoms with Crippen molar-refractivity contribution in [3.8, 4) is 0 Å². The average molecular weight is 235 g/mol. The Labute approximate surface area is 100 Å². The lowest BCUT2D eigenvalue weighted by atomic mass is 10.2. The zero-order valence-electron chi connectivity index (χ0n) is 10.2. The Balaban J connectivity index is 2.23. The van der Waals surface area contributed by atoms with E-state index in [0.29, 0.717) is 5.92 Å². The maximum Gasteiger partial charge on any atom is 0.113 e. The van der Waals surface area contributed by atoms with Gasteiger partial charge >= 0.3 is 0 Å². The van der Waals surface area contributed by atoms with Crippen LogP contribution in [-0.2, 0) is 6.54 Å². The number of thiazole rings is 1. The van der Waals surface area contributed by atoms with E-state index in [4.69, 9.17) is 0 Å². The molecule has 0 saturated heterocycles.